The Labute approximate surface area is 171 Å². The number of hydrogen-bond donors (Lipinski definition) is 1. The summed E-state index contributed by atoms with van der Waals surface area (Å²) in [5.74, 6) is -1.68. The molecule has 7 heteroatoms. The number of fused-ring (bicyclic) bond motifs is 3. The number of ether oxygens (including phenoxy) is 1. The normalized spacial score (nSPS) is 13.6. The van der Waals surface area contributed by atoms with Gasteiger partial charge in [0.1, 0.15) is 5.82 Å². The van der Waals surface area contributed by atoms with Gasteiger partial charge in [-0.1, -0.05) is 23.7 Å². The smallest absolute Gasteiger partial charge is 0.341 e. The summed E-state index contributed by atoms with van der Waals surface area (Å²) < 4.78 is 19.4. The maximum atomic E-state index is 14.1. The number of aromatic nitrogens is 1. The van der Waals surface area contributed by atoms with Gasteiger partial charge in [-0.25, -0.2) is 9.18 Å². The molecule has 0 aliphatic carbocycles. The molecule has 0 radical (unpaired) electrons. The number of amides is 1. The van der Waals surface area contributed by atoms with Crippen LogP contribution in [0.25, 0.3) is 16.5 Å². The Morgan fingerprint density at radius 3 is 2.79 bits per heavy atom. The van der Waals surface area contributed by atoms with Crippen LogP contribution in [0.1, 0.15) is 28.5 Å². The van der Waals surface area contributed by atoms with Crippen LogP contribution in [-0.2, 0) is 16.0 Å². The van der Waals surface area contributed by atoms with Crippen molar-refractivity contribution in [3.63, 3.8) is 0 Å². The summed E-state index contributed by atoms with van der Waals surface area (Å²) in [5, 5.41) is 1.45. The summed E-state index contributed by atoms with van der Waals surface area (Å²) in [5.41, 5.74) is 2.46. The van der Waals surface area contributed by atoms with Crippen molar-refractivity contribution in [2.75, 3.05) is 13.2 Å². The van der Waals surface area contributed by atoms with Gasteiger partial charge in [0.2, 0.25) is 0 Å². The second kappa shape index (κ2) is 7.72. The first-order valence-electron chi connectivity index (χ1n) is 9.24. The minimum Gasteiger partial charge on any atom is -0.462 e. The van der Waals surface area contributed by atoms with Crippen LogP contribution in [0.15, 0.2) is 48.7 Å². The zero-order chi connectivity index (χ0) is 20.5. The number of aromatic amines is 1. The van der Waals surface area contributed by atoms with Crippen molar-refractivity contribution in [1.29, 1.82) is 0 Å². The lowest BCUT2D eigenvalue weighted by atomic mass is 10.0. The molecule has 2 heterocycles. The lowest BCUT2D eigenvalue weighted by molar-refractivity contribution is -0.136. The predicted molar refractivity (Wildman–Crippen MR) is 109 cm³/mol. The minimum absolute atomic E-state index is 0.0505. The van der Waals surface area contributed by atoms with Crippen LogP contribution in [0.3, 0.4) is 0 Å². The van der Waals surface area contributed by atoms with Crippen LogP contribution in [0.2, 0.25) is 5.02 Å². The van der Waals surface area contributed by atoms with E-state index in [1.165, 1.54) is 29.3 Å². The molecule has 0 saturated heterocycles. The first-order chi connectivity index (χ1) is 14.0. The van der Waals surface area contributed by atoms with E-state index >= 15 is 0 Å². The van der Waals surface area contributed by atoms with Crippen molar-refractivity contribution >= 4 is 40.0 Å². The van der Waals surface area contributed by atoms with Gasteiger partial charge in [0.05, 0.1) is 23.4 Å². The highest BCUT2D eigenvalue weighted by molar-refractivity contribution is 6.31. The number of carbonyl (C=O) groups is 2. The van der Waals surface area contributed by atoms with Gasteiger partial charge in [-0.3, -0.25) is 4.79 Å². The quantitative estimate of drug-likeness (QED) is 0.641. The van der Waals surface area contributed by atoms with Gasteiger partial charge in [-0.15, -0.1) is 0 Å². The highest BCUT2D eigenvalue weighted by atomic mass is 35.5. The number of rotatable bonds is 3. The molecule has 0 fully saturated rings. The summed E-state index contributed by atoms with van der Waals surface area (Å²) in [6, 6.07) is 11.2. The lowest BCUT2D eigenvalue weighted by Crippen LogP contribution is -2.28. The summed E-state index contributed by atoms with van der Waals surface area (Å²) >= 11 is 6.16. The average Bonchev–Trinajstić information content (AvgIpc) is 2.94. The average molecular weight is 413 g/mol. The second-order valence-electron chi connectivity index (χ2n) is 6.66. The van der Waals surface area contributed by atoms with Gasteiger partial charge in [0.15, 0.2) is 0 Å². The molecule has 148 valence electrons. The number of carbonyl (C=O) groups excluding carboxylic acids is 2. The first kappa shape index (κ1) is 19.2. The molecule has 3 aromatic rings. The van der Waals surface area contributed by atoms with Gasteiger partial charge in [0.25, 0.3) is 5.91 Å². The summed E-state index contributed by atoms with van der Waals surface area (Å²) in [6.07, 6.45) is 1.91. The lowest BCUT2D eigenvalue weighted by Gasteiger charge is -2.18. The number of benzene rings is 2. The third kappa shape index (κ3) is 3.51. The van der Waals surface area contributed by atoms with E-state index in [0.29, 0.717) is 17.1 Å². The first-order valence-corrected chi connectivity index (χ1v) is 9.62. The third-order valence-corrected chi connectivity index (χ3v) is 5.12. The Morgan fingerprint density at radius 1 is 1.24 bits per heavy atom. The zero-order valence-corrected chi connectivity index (χ0v) is 16.4. The SMILES string of the molecule is CCOC(=O)C1=CN(C(=O)c2ccccc2F)CCc2c1[nH]c1ccc(Cl)cc21. The number of esters is 1. The fourth-order valence-corrected chi connectivity index (χ4v) is 3.71. The monoisotopic (exact) mass is 412 g/mol. The van der Waals surface area contributed by atoms with Gasteiger partial charge in [0, 0.05) is 28.7 Å². The maximum absolute atomic E-state index is 14.1. The van der Waals surface area contributed by atoms with Gasteiger partial charge in [-0.05, 0) is 49.2 Å². The van der Waals surface area contributed by atoms with Gasteiger partial charge >= 0.3 is 5.97 Å². The Balaban J connectivity index is 1.83. The van der Waals surface area contributed by atoms with Gasteiger partial charge in [-0.2, -0.15) is 0 Å². The zero-order valence-electron chi connectivity index (χ0n) is 15.7. The second-order valence-corrected chi connectivity index (χ2v) is 7.10. The van der Waals surface area contributed by atoms with Crippen LogP contribution >= 0.6 is 11.6 Å². The van der Waals surface area contributed by atoms with E-state index in [0.717, 1.165) is 16.5 Å². The Kier molecular flexibility index (Phi) is 5.11. The Hall–Kier alpha value is -3.12. The number of nitrogens with one attached hydrogen (secondary N) is 1. The Morgan fingerprint density at radius 2 is 2.03 bits per heavy atom. The van der Waals surface area contributed by atoms with Crippen molar-refractivity contribution < 1.29 is 18.7 Å². The van der Waals surface area contributed by atoms with Crippen molar-refractivity contribution in [1.82, 2.24) is 9.88 Å². The van der Waals surface area contributed by atoms with Crippen LogP contribution in [-0.4, -0.2) is 34.9 Å². The molecule has 4 rings (SSSR count). The summed E-state index contributed by atoms with van der Waals surface area (Å²) in [4.78, 5) is 30.2. The molecule has 0 saturated carbocycles. The van der Waals surface area contributed by atoms with Crippen molar-refractivity contribution in [2.24, 2.45) is 0 Å². The summed E-state index contributed by atoms with van der Waals surface area (Å²) in [6.45, 7) is 2.19. The molecule has 0 atom stereocenters. The molecule has 5 nitrogen and oxygen atoms in total. The third-order valence-electron chi connectivity index (χ3n) is 4.89. The van der Waals surface area contributed by atoms with E-state index in [4.69, 9.17) is 16.3 Å². The van der Waals surface area contributed by atoms with E-state index in [9.17, 15) is 14.0 Å². The predicted octanol–water partition coefficient (Wildman–Crippen LogP) is 4.56. The van der Waals surface area contributed by atoms with Crippen LogP contribution in [0, 0.1) is 5.82 Å². The maximum Gasteiger partial charge on any atom is 0.341 e. The molecule has 29 heavy (non-hydrogen) atoms. The molecule has 0 spiro atoms. The minimum atomic E-state index is -0.608. The van der Waals surface area contributed by atoms with Crippen molar-refractivity contribution in [3.8, 4) is 0 Å². The molecule has 1 aliphatic heterocycles. The molecule has 1 N–H and O–H groups in total. The number of halogens is 2. The molecule has 2 aromatic carbocycles. The van der Waals surface area contributed by atoms with Crippen LogP contribution in [0.4, 0.5) is 4.39 Å². The van der Waals surface area contributed by atoms with Crippen molar-refractivity contribution in [3.05, 3.63) is 76.3 Å². The molecule has 1 aromatic heterocycles. The van der Waals surface area contributed by atoms with E-state index < -0.39 is 17.7 Å². The van der Waals surface area contributed by atoms with E-state index in [-0.39, 0.29) is 24.3 Å². The highest BCUT2D eigenvalue weighted by Gasteiger charge is 2.28. The largest absolute Gasteiger partial charge is 0.462 e. The fourth-order valence-electron chi connectivity index (χ4n) is 3.54. The number of nitrogens with zero attached hydrogens (tertiary/aromatic N) is 1. The highest BCUT2D eigenvalue weighted by Crippen LogP contribution is 2.33. The van der Waals surface area contributed by atoms with Gasteiger partial charge < -0.3 is 14.6 Å². The van der Waals surface area contributed by atoms with E-state index in [1.807, 2.05) is 12.1 Å². The van der Waals surface area contributed by atoms with Crippen molar-refractivity contribution in [2.45, 2.75) is 13.3 Å². The summed E-state index contributed by atoms with van der Waals surface area (Å²) in [7, 11) is 0. The molecule has 0 bridgehead atoms. The number of hydrogen-bond acceptors (Lipinski definition) is 3. The molecular formula is C22H18ClFN2O3. The van der Waals surface area contributed by atoms with E-state index in [1.54, 1.807) is 19.1 Å². The Bertz CT molecular complexity index is 1150. The molecule has 1 aliphatic rings. The fraction of sp³-hybridized carbons (Fsp3) is 0.182. The van der Waals surface area contributed by atoms with Crippen LogP contribution in [0.5, 0.6) is 0 Å². The van der Waals surface area contributed by atoms with E-state index in [2.05, 4.69) is 4.98 Å². The molecule has 0 unspecified atom stereocenters. The number of H-pyrrole nitrogens is 1. The topological polar surface area (TPSA) is 62.4 Å². The molecular weight excluding hydrogens is 395 g/mol. The molecule has 1 amide bonds. The van der Waals surface area contributed by atoms with Crippen LogP contribution < -0.4 is 0 Å². The standard InChI is InChI=1S/C22H18ClFN2O3/c1-2-29-22(28)17-12-26(21(27)15-5-3-4-6-18(15)24)10-9-14-16-11-13(23)7-8-19(16)25-20(14)17/h3-8,11-12,25H,2,9-10H2,1H3.